The van der Waals surface area contributed by atoms with E-state index in [0.717, 1.165) is 26.9 Å². The first-order valence-electron chi connectivity index (χ1n) is 4.89. The lowest BCUT2D eigenvalue weighted by atomic mass is 10.2. The zero-order valence-electron chi connectivity index (χ0n) is 9.90. The Kier molecular flexibility index (Phi) is 11.3. The number of aliphatic carboxylic acids is 2. The van der Waals surface area contributed by atoms with Gasteiger partial charge in [-0.25, -0.2) is 0 Å². The van der Waals surface area contributed by atoms with Crippen molar-refractivity contribution >= 4 is 17.8 Å². The number of carboxylic acids is 2. The number of hydrogen-bond acceptors (Lipinski definition) is 5. The molecule has 8 nitrogen and oxygen atoms in total. The first-order chi connectivity index (χ1) is 7.77. The van der Waals surface area contributed by atoms with Crippen LogP contribution in [-0.2, 0) is 14.4 Å². The molecule has 1 rings (SSSR count). The van der Waals surface area contributed by atoms with Crippen LogP contribution >= 0.6 is 0 Å². The van der Waals surface area contributed by atoms with Crippen LogP contribution in [0.4, 0.5) is 0 Å². The van der Waals surface area contributed by atoms with E-state index in [4.69, 9.17) is 25.5 Å². The van der Waals surface area contributed by atoms with Gasteiger partial charge in [-0.3, -0.25) is 14.4 Å². The quantitative estimate of drug-likeness (QED) is 0.369. The molecule has 0 bridgehead atoms. The summed E-state index contributed by atoms with van der Waals surface area (Å²) in [6.45, 7) is 4.58. The third-order valence-corrected chi connectivity index (χ3v) is 1.38. The van der Waals surface area contributed by atoms with Gasteiger partial charge in [-0.2, -0.15) is 0 Å². The molecule has 17 heavy (non-hydrogen) atoms. The predicted octanol–water partition coefficient (Wildman–Crippen LogP) is -1.79. The molecular formula is C9H19N3O5. The van der Waals surface area contributed by atoms with Gasteiger partial charge in [-0.05, 0) is 0 Å². The molecule has 0 aromatic rings. The molecule has 0 aromatic heterocycles. The molecule has 0 aromatic carbocycles. The van der Waals surface area contributed by atoms with Gasteiger partial charge in [-0.15, -0.1) is 0 Å². The van der Waals surface area contributed by atoms with E-state index in [2.05, 4.69) is 10.6 Å². The lowest BCUT2D eigenvalue weighted by Gasteiger charge is -2.21. The maximum atomic E-state index is 10.5. The summed E-state index contributed by atoms with van der Waals surface area (Å²) in [4.78, 5) is 28.5. The van der Waals surface area contributed by atoms with E-state index in [0.29, 0.717) is 6.54 Å². The average Bonchev–Trinajstić information content (AvgIpc) is 2.17. The number of primary amides is 1. The molecule has 1 aliphatic rings. The van der Waals surface area contributed by atoms with Crippen molar-refractivity contribution < 1.29 is 24.6 Å². The van der Waals surface area contributed by atoms with Gasteiger partial charge in [0.1, 0.15) is 0 Å². The molecule has 0 spiro atoms. The maximum Gasteiger partial charge on any atom is 0.300 e. The van der Waals surface area contributed by atoms with Gasteiger partial charge >= 0.3 is 0 Å². The van der Waals surface area contributed by atoms with Gasteiger partial charge < -0.3 is 26.6 Å². The zero-order chi connectivity index (χ0) is 13.8. The number of nitrogens with one attached hydrogen (secondary N) is 2. The fourth-order valence-electron chi connectivity index (χ4n) is 0.855. The Labute approximate surface area is 99.2 Å². The molecule has 1 heterocycles. The van der Waals surface area contributed by atoms with E-state index >= 15 is 0 Å². The Morgan fingerprint density at radius 2 is 1.53 bits per heavy atom. The number of hydrogen-bond donors (Lipinski definition) is 5. The summed E-state index contributed by atoms with van der Waals surface area (Å²) in [5.41, 5.74) is 5.03. The standard InChI is InChI=1S/C5H11N3O.2C2H4O2/c6-5(9)4-3-7-1-2-8-4;2*1-2(3)4/h4,7-8H,1-3H2,(H2,6,9);2*1H3,(H,3,4). The Balaban J connectivity index is 0. The number of carboxylic acid groups (broad SMARTS) is 2. The molecule has 0 aliphatic carbocycles. The molecule has 1 saturated heterocycles. The normalized spacial score (nSPS) is 17.6. The van der Waals surface area contributed by atoms with E-state index < -0.39 is 11.9 Å². The number of nitrogens with two attached hydrogens (primary N) is 1. The van der Waals surface area contributed by atoms with Crippen LogP contribution in [0.3, 0.4) is 0 Å². The second-order valence-corrected chi connectivity index (χ2v) is 3.15. The molecule has 1 unspecified atom stereocenters. The third-order valence-electron chi connectivity index (χ3n) is 1.38. The molecule has 1 fully saturated rings. The van der Waals surface area contributed by atoms with Crippen molar-refractivity contribution in [1.29, 1.82) is 0 Å². The van der Waals surface area contributed by atoms with E-state index in [-0.39, 0.29) is 11.9 Å². The summed E-state index contributed by atoms with van der Waals surface area (Å²) in [5.74, 6) is -1.94. The Morgan fingerprint density at radius 3 is 1.71 bits per heavy atom. The van der Waals surface area contributed by atoms with Crippen LogP contribution < -0.4 is 16.4 Å². The Hall–Kier alpha value is -1.67. The molecule has 8 heteroatoms. The number of carbonyl (C=O) groups excluding carboxylic acids is 1. The minimum absolute atomic E-state index is 0.168. The number of piperazine rings is 1. The van der Waals surface area contributed by atoms with Crippen molar-refractivity contribution in [3.8, 4) is 0 Å². The molecule has 100 valence electrons. The van der Waals surface area contributed by atoms with E-state index in [1.807, 2.05) is 0 Å². The van der Waals surface area contributed by atoms with Gasteiger partial charge in [0.15, 0.2) is 0 Å². The largest absolute Gasteiger partial charge is 0.481 e. The van der Waals surface area contributed by atoms with Crippen molar-refractivity contribution in [2.45, 2.75) is 19.9 Å². The molecular weight excluding hydrogens is 230 g/mol. The fraction of sp³-hybridized carbons (Fsp3) is 0.667. The first kappa shape index (κ1) is 17.7. The monoisotopic (exact) mass is 249 g/mol. The van der Waals surface area contributed by atoms with Gasteiger partial charge in [0, 0.05) is 33.5 Å². The lowest BCUT2D eigenvalue weighted by Crippen LogP contribution is -2.54. The van der Waals surface area contributed by atoms with Crippen LogP contribution in [0.25, 0.3) is 0 Å². The Morgan fingerprint density at radius 1 is 1.12 bits per heavy atom. The van der Waals surface area contributed by atoms with Gasteiger partial charge in [0.05, 0.1) is 6.04 Å². The van der Waals surface area contributed by atoms with Crippen LogP contribution in [-0.4, -0.2) is 53.7 Å². The summed E-state index contributed by atoms with van der Waals surface area (Å²) < 4.78 is 0. The van der Waals surface area contributed by atoms with E-state index in [9.17, 15) is 4.79 Å². The van der Waals surface area contributed by atoms with Crippen molar-refractivity contribution in [2.24, 2.45) is 5.73 Å². The maximum absolute atomic E-state index is 10.5. The fourth-order valence-corrected chi connectivity index (χ4v) is 0.855. The van der Waals surface area contributed by atoms with Gasteiger partial charge in [0.2, 0.25) is 5.91 Å². The van der Waals surface area contributed by atoms with E-state index in [1.165, 1.54) is 0 Å². The zero-order valence-corrected chi connectivity index (χ0v) is 9.90. The summed E-state index contributed by atoms with van der Waals surface area (Å²) in [7, 11) is 0. The predicted molar refractivity (Wildman–Crippen MR) is 60.5 cm³/mol. The van der Waals surface area contributed by atoms with Crippen LogP contribution in [0.5, 0.6) is 0 Å². The highest BCUT2D eigenvalue weighted by Crippen LogP contribution is 1.83. The number of rotatable bonds is 1. The second kappa shape index (κ2) is 10.8. The number of amides is 1. The molecule has 6 N–H and O–H groups in total. The minimum atomic E-state index is -0.833. The molecule has 1 amide bonds. The minimum Gasteiger partial charge on any atom is -0.481 e. The summed E-state index contributed by atoms with van der Waals surface area (Å²) >= 11 is 0. The SMILES string of the molecule is CC(=O)O.CC(=O)O.NC(=O)C1CNCCN1. The topological polar surface area (TPSA) is 142 Å². The van der Waals surface area contributed by atoms with Crippen LogP contribution in [0, 0.1) is 0 Å². The van der Waals surface area contributed by atoms with Crippen molar-refractivity contribution in [1.82, 2.24) is 10.6 Å². The molecule has 0 radical (unpaired) electrons. The van der Waals surface area contributed by atoms with Crippen molar-refractivity contribution in [3.05, 3.63) is 0 Å². The first-order valence-corrected chi connectivity index (χ1v) is 4.89. The van der Waals surface area contributed by atoms with Crippen molar-refractivity contribution in [2.75, 3.05) is 19.6 Å². The van der Waals surface area contributed by atoms with Gasteiger partial charge in [0.25, 0.3) is 11.9 Å². The lowest BCUT2D eigenvalue weighted by molar-refractivity contribution is -0.135. The molecule has 0 saturated carbocycles. The summed E-state index contributed by atoms with van der Waals surface area (Å²) in [6.07, 6.45) is 0. The van der Waals surface area contributed by atoms with Gasteiger partial charge in [-0.1, -0.05) is 0 Å². The summed E-state index contributed by atoms with van der Waals surface area (Å²) in [5, 5.41) is 20.9. The smallest absolute Gasteiger partial charge is 0.300 e. The Bertz CT molecular complexity index is 231. The van der Waals surface area contributed by atoms with E-state index in [1.54, 1.807) is 0 Å². The van der Waals surface area contributed by atoms with Crippen LogP contribution in [0.1, 0.15) is 13.8 Å². The highest BCUT2D eigenvalue weighted by molar-refractivity contribution is 5.80. The third kappa shape index (κ3) is 20.4. The highest BCUT2D eigenvalue weighted by atomic mass is 16.4. The average molecular weight is 249 g/mol. The molecule has 1 aliphatic heterocycles. The molecule has 1 atom stereocenters. The van der Waals surface area contributed by atoms with Crippen molar-refractivity contribution in [3.63, 3.8) is 0 Å². The highest BCUT2D eigenvalue weighted by Gasteiger charge is 2.16. The number of carbonyl (C=O) groups is 3. The van der Waals surface area contributed by atoms with Crippen LogP contribution in [0.15, 0.2) is 0 Å². The second-order valence-electron chi connectivity index (χ2n) is 3.15. The summed E-state index contributed by atoms with van der Waals surface area (Å²) in [6, 6.07) is -0.168. The van der Waals surface area contributed by atoms with Crippen LogP contribution in [0.2, 0.25) is 0 Å².